The van der Waals surface area contributed by atoms with E-state index in [4.69, 9.17) is 11.6 Å². The Morgan fingerprint density at radius 2 is 2.13 bits per heavy atom. The maximum Gasteiger partial charge on any atom is 0.321 e. The highest BCUT2D eigenvalue weighted by Gasteiger charge is 2.12. The molecule has 0 unspecified atom stereocenters. The summed E-state index contributed by atoms with van der Waals surface area (Å²) in [7, 11) is 1.87. The lowest BCUT2D eigenvalue weighted by atomic mass is 10.2. The predicted molar refractivity (Wildman–Crippen MR) is 92.8 cm³/mol. The average Bonchev–Trinajstić information content (AvgIpc) is 2.78. The number of urea groups is 1. The lowest BCUT2D eigenvalue weighted by molar-refractivity contribution is -0.117. The van der Waals surface area contributed by atoms with Crippen LogP contribution in [0.5, 0.6) is 0 Å². The molecular formula is C15H19ClN4O2S. The second kappa shape index (κ2) is 7.70. The smallest absolute Gasteiger partial charge is 0.321 e. The van der Waals surface area contributed by atoms with Crippen molar-refractivity contribution in [2.75, 3.05) is 12.3 Å². The summed E-state index contributed by atoms with van der Waals surface area (Å²) in [5, 5.41) is 6.25. The van der Waals surface area contributed by atoms with E-state index in [0.29, 0.717) is 22.6 Å². The first-order valence-corrected chi connectivity index (χ1v) is 8.55. The van der Waals surface area contributed by atoms with Gasteiger partial charge in [0.25, 0.3) is 0 Å². The summed E-state index contributed by atoms with van der Waals surface area (Å²) in [5.41, 5.74) is 1.71. The number of hydrogen-bond acceptors (Lipinski definition) is 4. The van der Waals surface area contributed by atoms with Crippen molar-refractivity contribution in [1.29, 1.82) is 0 Å². The number of hydrogen-bond donors (Lipinski definition) is 2. The van der Waals surface area contributed by atoms with Gasteiger partial charge in [-0.3, -0.25) is 10.1 Å². The molecule has 0 bridgehead atoms. The van der Waals surface area contributed by atoms with Crippen molar-refractivity contribution in [3.05, 3.63) is 23.2 Å². The van der Waals surface area contributed by atoms with E-state index >= 15 is 0 Å². The molecule has 1 heterocycles. The quantitative estimate of drug-likeness (QED) is 0.809. The minimum Gasteiger partial charge on any atom is -0.338 e. The van der Waals surface area contributed by atoms with Gasteiger partial charge < -0.3 is 9.88 Å². The van der Waals surface area contributed by atoms with Crippen molar-refractivity contribution in [3.63, 3.8) is 0 Å². The molecule has 0 spiro atoms. The first-order chi connectivity index (χ1) is 10.9. The molecule has 0 saturated carbocycles. The van der Waals surface area contributed by atoms with Crippen LogP contribution in [-0.2, 0) is 11.8 Å². The number of carbonyl (C=O) groups is 2. The molecule has 23 heavy (non-hydrogen) atoms. The number of thioether (sulfide) groups is 1. The van der Waals surface area contributed by atoms with Crippen molar-refractivity contribution in [2.45, 2.75) is 19.0 Å². The fourth-order valence-electron chi connectivity index (χ4n) is 1.91. The standard InChI is InChI=1S/C15H19ClN4O2S/c1-9(2)7-17-14(22)19-13(21)8-23-15-18-11-6-10(16)4-5-12(11)20(15)3/h4-6,9H,7-8H2,1-3H3,(H2,17,19,21,22). The summed E-state index contributed by atoms with van der Waals surface area (Å²) in [5.74, 6) is 0.0818. The van der Waals surface area contributed by atoms with Gasteiger partial charge in [0.2, 0.25) is 5.91 Å². The minimum atomic E-state index is -0.471. The lowest BCUT2D eigenvalue weighted by Gasteiger charge is -2.08. The number of imide groups is 1. The van der Waals surface area contributed by atoms with Gasteiger partial charge in [0, 0.05) is 18.6 Å². The molecule has 0 saturated heterocycles. The highest BCUT2D eigenvalue weighted by Crippen LogP contribution is 2.24. The zero-order valence-electron chi connectivity index (χ0n) is 13.2. The number of benzene rings is 1. The SMILES string of the molecule is CC(C)CNC(=O)NC(=O)CSc1nc2cc(Cl)ccc2n1C. The molecule has 2 rings (SSSR count). The van der Waals surface area contributed by atoms with Gasteiger partial charge in [0.15, 0.2) is 5.16 Å². The molecule has 0 radical (unpaired) electrons. The summed E-state index contributed by atoms with van der Waals surface area (Å²) in [6.07, 6.45) is 0. The molecule has 0 aliphatic heterocycles. The number of rotatable bonds is 5. The highest BCUT2D eigenvalue weighted by atomic mass is 35.5. The number of imidazole rings is 1. The van der Waals surface area contributed by atoms with E-state index in [1.807, 2.05) is 31.5 Å². The van der Waals surface area contributed by atoms with Crippen LogP contribution in [0, 0.1) is 5.92 Å². The van der Waals surface area contributed by atoms with Gasteiger partial charge in [-0.15, -0.1) is 0 Å². The van der Waals surface area contributed by atoms with Crippen molar-refractivity contribution in [1.82, 2.24) is 20.2 Å². The highest BCUT2D eigenvalue weighted by molar-refractivity contribution is 7.99. The summed E-state index contributed by atoms with van der Waals surface area (Å²) in [6.45, 7) is 4.49. The van der Waals surface area contributed by atoms with Crippen molar-refractivity contribution < 1.29 is 9.59 Å². The molecular weight excluding hydrogens is 336 g/mol. The van der Waals surface area contributed by atoms with Crippen LogP contribution in [0.3, 0.4) is 0 Å². The van der Waals surface area contributed by atoms with Crippen LogP contribution in [0.4, 0.5) is 4.79 Å². The first-order valence-electron chi connectivity index (χ1n) is 7.19. The van der Waals surface area contributed by atoms with E-state index in [1.165, 1.54) is 11.8 Å². The van der Waals surface area contributed by atoms with Gasteiger partial charge in [-0.25, -0.2) is 9.78 Å². The van der Waals surface area contributed by atoms with Gasteiger partial charge >= 0.3 is 6.03 Å². The Balaban J connectivity index is 1.92. The van der Waals surface area contributed by atoms with Gasteiger partial charge in [-0.05, 0) is 24.1 Å². The molecule has 2 N–H and O–H groups in total. The molecule has 0 fully saturated rings. The van der Waals surface area contributed by atoms with Crippen molar-refractivity contribution >= 4 is 46.3 Å². The number of nitrogens with zero attached hydrogens (tertiary/aromatic N) is 2. The number of amides is 3. The monoisotopic (exact) mass is 354 g/mol. The van der Waals surface area contributed by atoms with Crippen molar-refractivity contribution in [3.8, 4) is 0 Å². The summed E-state index contributed by atoms with van der Waals surface area (Å²) in [4.78, 5) is 27.8. The van der Waals surface area contributed by atoms with Gasteiger partial charge in [-0.1, -0.05) is 37.2 Å². The van der Waals surface area contributed by atoms with E-state index in [2.05, 4.69) is 15.6 Å². The van der Waals surface area contributed by atoms with Gasteiger partial charge in [0.1, 0.15) is 0 Å². The molecule has 2 aromatic rings. The number of carbonyl (C=O) groups excluding carboxylic acids is 2. The third-order valence-electron chi connectivity index (χ3n) is 3.06. The van der Waals surface area contributed by atoms with Crippen LogP contribution in [0.25, 0.3) is 11.0 Å². The molecule has 8 heteroatoms. The van der Waals surface area contributed by atoms with E-state index < -0.39 is 6.03 Å². The van der Waals surface area contributed by atoms with Crippen LogP contribution >= 0.6 is 23.4 Å². The van der Waals surface area contributed by atoms with E-state index in [9.17, 15) is 9.59 Å². The number of fused-ring (bicyclic) bond motifs is 1. The van der Waals surface area contributed by atoms with E-state index in [1.54, 1.807) is 12.1 Å². The number of halogens is 1. The van der Waals surface area contributed by atoms with E-state index in [-0.39, 0.29) is 11.7 Å². The fourth-order valence-corrected chi connectivity index (χ4v) is 2.87. The number of aryl methyl sites for hydroxylation is 1. The second-order valence-electron chi connectivity index (χ2n) is 5.53. The Kier molecular flexibility index (Phi) is 5.90. The number of aromatic nitrogens is 2. The van der Waals surface area contributed by atoms with Crippen LogP contribution in [0.2, 0.25) is 5.02 Å². The first kappa shape index (κ1) is 17.6. The van der Waals surface area contributed by atoms with Crippen LogP contribution in [-0.4, -0.2) is 33.8 Å². The van der Waals surface area contributed by atoms with Crippen molar-refractivity contribution in [2.24, 2.45) is 13.0 Å². The largest absolute Gasteiger partial charge is 0.338 e. The van der Waals surface area contributed by atoms with Crippen LogP contribution in [0.1, 0.15) is 13.8 Å². The zero-order chi connectivity index (χ0) is 17.0. The predicted octanol–water partition coefficient (Wildman–Crippen LogP) is 2.80. The van der Waals surface area contributed by atoms with E-state index in [0.717, 1.165) is 11.0 Å². The summed E-state index contributed by atoms with van der Waals surface area (Å²) < 4.78 is 1.89. The van der Waals surface area contributed by atoms with Crippen LogP contribution in [0.15, 0.2) is 23.4 Å². The Morgan fingerprint density at radius 3 is 2.83 bits per heavy atom. The third kappa shape index (κ3) is 4.87. The molecule has 0 aliphatic rings. The van der Waals surface area contributed by atoms with Gasteiger partial charge in [-0.2, -0.15) is 0 Å². The normalized spacial score (nSPS) is 11.0. The Hall–Kier alpha value is -1.73. The maximum atomic E-state index is 11.8. The fraction of sp³-hybridized carbons (Fsp3) is 0.400. The Morgan fingerprint density at radius 1 is 1.39 bits per heavy atom. The summed E-state index contributed by atoms with van der Waals surface area (Å²) >= 11 is 7.22. The zero-order valence-corrected chi connectivity index (χ0v) is 14.8. The number of nitrogens with one attached hydrogen (secondary N) is 2. The summed E-state index contributed by atoms with van der Waals surface area (Å²) in [6, 6.07) is 4.99. The third-order valence-corrected chi connectivity index (χ3v) is 4.32. The average molecular weight is 355 g/mol. The van der Waals surface area contributed by atoms with Gasteiger partial charge in [0.05, 0.1) is 16.8 Å². The lowest BCUT2D eigenvalue weighted by Crippen LogP contribution is -2.41. The molecule has 124 valence electrons. The molecule has 1 aromatic carbocycles. The molecule has 0 atom stereocenters. The Labute approximate surface area is 144 Å². The Bertz CT molecular complexity index is 730. The minimum absolute atomic E-state index is 0.111. The molecule has 1 aromatic heterocycles. The molecule has 6 nitrogen and oxygen atoms in total. The second-order valence-corrected chi connectivity index (χ2v) is 6.91. The van der Waals surface area contributed by atoms with Crippen LogP contribution < -0.4 is 10.6 Å². The molecule has 3 amide bonds. The topological polar surface area (TPSA) is 76.0 Å². The molecule has 0 aliphatic carbocycles. The maximum absolute atomic E-state index is 11.8.